The number of aliphatic imine (C=N–C) groups is 1. The van der Waals surface area contributed by atoms with Crippen LogP contribution in [0.4, 0.5) is 5.69 Å². The van der Waals surface area contributed by atoms with Gasteiger partial charge in [-0.25, -0.2) is 0 Å². The van der Waals surface area contributed by atoms with E-state index in [1.165, 1.54) is 5.69 Å². The molecule has 146 valence electrons. The van der Waals surface area contributed by atoms with Crippen LogP contribution in [0.1, 0.15) is 5.69 Å². The lowest BCUT2D eigenvalue weighted by atomic mass is 10.2. The van der Waals surface area contributed by atoms with Gasteiger partial charge >= 0.3 is 0 Å². The molecule has 7 heteroatoms. The van der Waals surface area contributed by atoms with E-state index in [4.69, 9.17) is 4.74 Å². The zero-order chi connectivity index (χ0) is 18.2. The Balaban J connectivity index is 0.00000261. The quantitative estimate of drug-likeness (QED) is 0.405. The topological polar surface area (TPSA) is 53.0 Å². The Hall–Kier alpha value is -2.03. The standard InChI is InChI=1S/C20H27N5O.HI/c1-21-20(23-12-10-17-5-3-4-11-22-17)25-15-13-24(14-16-25)18-6-8-19(26-2)9-7-18;/h3-9,11H,10,12-16H2,1-2H3,(H,21,23);1H. The van der Waals surface area contributed by atoms with Crippen molar-refractivity contribution in [2.24, 2.45) is 4.99 Å². The minimum atomic E-state index is 0. The van der Waals surface area contributed by atoms with Crippen LogP contribution in [0.25, 0.3) is 0 Å². The van der Waals surface area contributed by atoms with Crippen LogP contribution in [0.15, 0.2) is 53.7 Å². The van der Waals surface area contributed by atoms with Gasteiger partial charge in [0.1, 0.15) is 5.75 Å². The SMILES string of the molecule is CN=C(NCCc1ccccn1)N1CCN(c2ccc(OC)cc2)CC1.I. The fourth-order valence-electron chi connectivity index (χ4n) is 3.15. The zero-order valence-corrected chi connectivity index (χ0v) is 18.3. The highest BCUT2D eigenvalue weighted by Crippen LogP contribution is 2.20. The van der Waals surface area contributed by atoms with E-state index in [1.54, 1.807) is 7.11 Å². The van der Waals surface area contributed by atoms with Crippen LogP contribution in [0.2, 0.25) is 0 Å². The molecular weight excluding hydrogens is 453 g/mol. The van der Waals surface area contributed by atoms with Crippen molar-refractivity contribution < 1.29 is 4.74 Å². The number of anilines is 1. The molecule has 0 amide bonds. The first-order chi connectivity index (χ1) is 12.8. The largest absolute Gasteiger partial charge is 0.497 e. The number of nitrogens with one attached hydrogen (secondary N) is 1. The van der Waals surface area contributed by atoms with Crippen molar-refractivity contribution in [1.82, 2.24) is 15.2 Å². The summed E-state index contributed by atoms with van der Waals surface area (Å²) in [5, 5.41) is 3.46. The Morgan fingerprint density at radius 2 is 1.85 bits per heavy atom. The normalized spacial score (nSPS) is 14.5. The number of rotatable bonds is 5. The molecule has 0 radical (unpaired) electrons. The van der Waals surface area contributed by atoms with Crippen LogP contribution in [0, 0.1) is 0 Å². The number of benzene rings is 1. The summed E-state index contributed by atoms with van der Waals surface area (Å²) in [4.78, 5) is 13.5. The Morgan fingerprint density at radius 3 is 2.44 bits per heavy atom. The number of hydrogen-bond donors (Lipinski definition) is 1. The summed E-state index contributed by atoms with van der Waals surface area (Å²) in [6, 6.07) is 14.3. The summed E-state index contributed by atoms with van der Waals surface area (Å²) in [6.07, 6.45) is 2.73. The van der Waals surface area contributed by atoms with Crippen molar-refractivity contribution in [1.29, 1.82) is 0 Å². The summed E-state index contributed by atoms with van der Waals surface area (Å²) in [6.45, 7) is 4.70. The highest BCUT2D eigenvalue weighted by atomic mass is 127. The average Bonchev–Trinajstić information content (AvgIpc) is 2.72. The Kier molecular flexibility index (Phi) is 8.63. The van der Waals surface area contributed by atoms with Crippen LogP contribution in [0.5, 0.6) is 5.75 Å². The van der Waals surface area contributed by atoms with Crippen LogP contribution in [-0.4, -0.2) is 62.7 Å². The summed E-state index contributed by atoms with van der Waals surface area (Å²) < 4.78 is 5.23. The van der Waals surface area contributed by atoms with Gasteiger partial charge in [-0.1, -0.05) is 6.07 Å². The number of hydrogen-bond acceptors (Lipinski definition) is 4. The van der Waals surface area contributed by atoms with Gasteiger partial charge in [0.05, 0.1) is 7.11 Å². The number of pyridine rings is 1. The first kappa shape index (κ1) is 21.3. The third-order valence-corrected chi connectivity index (χ3v) is 4.62. The van der Waals surface area contributed by atoms with E-state index < -0.39 is 0 Å². The number of nitrogens with zero attached hydrogens (tertiary/aromatic N) is 4. The molecule has 1 aromatic heterocycles. The molecule has 6 nitrogen and oxygen atoms in total. The van der Waals surface area contributed by atoms with Crippen LogP contribution in [0.3, 0.4) is 0 Å². The molecule has 1 aromatic carbocycles. The second-order valence-corrected chi connectivity index (χ2v) is 6.22. The summed E-state index contributed by atoms with van der Waals surface area (Å²) in [5.41, 5.74) is 2.34. The van der Waals surface area contributed by atoms with Gasteiger partial charge in [-0.15, -0.1) is 24.0 Å². The first-order valence-electron chi connectivity index (χ1n) is 9.04. The van der Waals surface area contributed by atoms with Crippen molar-refractivity contribution in [3.63, 3.8) is 0 Å². The molecule has 0 atom stereocenters. The third-order valence-electron chi connectivity index (χ3n) is 4.62. The van der Waals surface area contributed by atoms with Gasteiger partial charge in [0, 0.05) is 63.8 Å². The number of aromatic nitrogens is 1. The maximum Gasteiger partial charge on any atom is 0.193 e. The van der Waals surface area contributed by atoms with Gasteiger partial charge in [0.25, 0.3) is 0 Å². The van der Waals surface area contributed by atoms with Crippen LogP contribution in [-0.2, 0) is 6.42 Å². The van der Waals surface area contributed by atoms with Crippen molar-refractivity contribution in [3.05, 3.63) is 54.4 Å². The lowest BCUT2D eigenvalue weighted by Gasteiger charge is -2.37. The lowest BCUT2D eigenvalue weighted by Crippen LogP contribution is -2.52. The van der Waals surface area contributed by atoms with E-state index in [0.717, 1.165) is 56.5 Å². The van der Waals surface area contributed by atoms with Gasteiger partial charge in [0.2, 0.25) is 0 Å². The van der Waals surface area contributed by atoms with Crippen molar-refractivity contribution in [2.45, 2.75) is 6.42 Å². The molecule has 0 saturated carbocycles. The van der Waals surface area contributed by atoms with E-state index in [0.29, 0.717) is 0 Å². The van der Waals surface area contributed by atoms with Gasteiger partial charge in [-0.3, -0.25) is 9.98 Å². The summed E-state index contributed by atoms with van der Waals surface area (Å²) in [7, 11) is 3.54. The number of ether oxygens (including phenoxy) is 1. The molecule has 0 unspecified atom stereocenters. The van der Waals surface area contributed by atoms with E-state index in [1.807, 2.05) is 37.5 Å². The predicted molar refractivity (Wildman–Crippen MR) is 121 cm³/mol. The first-order valence-corrected chi connectivity index (χ1v) is 9.04. The Labute approximate surface area is 178 Å². The fraction of sp³-hybridized carbons (Fsp3) is 0.400. The molecule has 0 spiro atoms. The monoisotopic (exact) mass is 481 g/mol. The van der Waals surface area contributed by atoms with E-state index in [-0.39, 0.29) is 24.0 Å². The molecule has 1 aliphatic heterocycles. The number of piperazine rings is 1. The maximum absolute atomic E-state index is 5.23. The molecule has 3 rings (SSSR count). The van der Waals surface area contributed by atoms with Gasteiger partial charge in [-0.05, 0) is 36.4 Å². The smallest absolute Gasteiger partial charge is 0.193 e. The third kappa shape index (κ3) is 5.98. The molecule has 0 aliphatic carbocycles. The van der Waals surface area contributed by atoms with E-state index >= 15 is 0 Å². The molecule has 0 bridgehead atoms. The van der Waals surface area contributed by atoms with Gasteiger partial charge in [0.15, 0.2) is 5.96 Å². The molecule has 1 N–H and O–H groups in total. The van der Waals surface area contributed by atoms with Gasteiger partial charge in [-0.2, -0.15) is 0 Å². The molecule has 1 fully saturated rings. The van der Waals surface area contributed by atoms with Crippen molar-refractivity contribution in [3.8, 4) is 5.75 Å². The van der Waals surface area contributed by atoms with E-state index in [2.05, 4.69) is 43.3 Å². The Bertz CT molecular complexity index is 700. The van der Waals surface area contributed by atoms with Crippen molar-refractivity contribution in [2.75, 3.05) is 51.8 Å². The highest BCUT2D eigenvalue weighted by Gasteiger charge is 2.19. The minimum Gasteiger partial charge on any atom is -0.497 e. The van der Waals surface area contributed by atoms with Crippen LogP contribution < -0.4 is 15.0 Å². The molecular formula is C20H28IN5O. The second kappa shape index (κ2) is 11.0. The zero-order valence-electron chi connectivity index (χ0n) is 16.0. The van der Waals surface area contributed by atoms with Gasteiger partial charge < -0.3 is 19.9 Å². The number of methoxy groups -OCH3 is 1. The lowest BCUT2D eigenvalue weighted by molar-refractivity contribution is 0.372. The molecule has 2 heterocycles. The number of guanidine groups is 1. The minimum absolute atomic E-state index is 0. The molecule has 1 aliphatic rings. The second-order valence-electron chi connectivity index (χ2n) is 6.22. The predicted octanol–water partition coefficient (Wildman–Crippen LogP) is 2.65. The van der Waals surface area contributed by atoms with Crippen molar-refractivity contribution >= 4 is 35.6 Å². The average molecular weight is 481 g/mol. The summed E-state index contributed by atoms with van der Waals surface area (Å²) in [5.74, 6) is 1.86. The Morgan fingerprint density at radius 1 is 1.11 bits per heavy atom. The molecule has 2 aromatic rings. The van der Waals surface area contributed by atoms with E-state index in [9.17, 15) is 0 Å². The fourth-order valence-corrected chi connectivity index (χ4v) is 3.15. The molecule has 1 saturated heterocycles. The number of halogens is 1. The van der Waals surface area contributed by atoms with Crippen LogP contribution >= 0.6 is 24.0 Å². The highest BCUT2D eigenvalue weighted by molar-refractivity contribution is 14.0. The molecule has 27 heavy (non-hydrogen) atoms. The maximum atomic E-state index is 5.23. The summed E-state index contributed by atoms with van der Waals surface area (Å²) >= 11 is 0.